The minimum Gasteiger partial charge on any atom is -0.444 e. The molecule has 2 aromatic carbocycles. The molecule has 0 saturated carbocycles. The zero-order valence-corrected chi connectivity index (χ0v) is 25.9. The molecule has 2 atom stereocenters. The van der Waals surface area contributed by atoms with E-state index in [9.17, 15) is 19.2 Å². The van der Waals surface area contributed by atoms with E-state index in [4.69, 9.17) is 10.5 Å². The molecule has 41 heavy (non-hydrogen) atoms. The van der Waals surface area contributed by atoms with Crippen molar-refractivity contribution in [2.45, 2.75) is 105 Å². The maximum absolute atomic E-state index is 14.4. The maximum atomic E-state index is 14.4. The van der Waals surface area contributed by atoms with Gasteiger partial charge in [0.05, 0.1) is 6.42 Å². The Bertz CT molecular complexity index is 1230. The second-order valence-electron chi connectivity index (χ2n) is 12.0. The summed E-state index contributed by atoms with van der Waals surface area (Å²) >= 11 is 0. The summed E-state index contributed by atoms with van der Waals surface area (Å²) in [5, 5.41) is 5.58. The van der Waals surface area contributed by atoms with Crippen molar-refractivity contribution in [1.82, 2.24) is 10.2 Å². The van der Waals surface area contributed by atoms with Crippen molar-refractivity contribution in [2.24, 2.45) is 5.73 Å². The van der Waals surface area contributed by atoms with Gasteiger partial charge in [0.15, 0.2) is 0 Å². The van der Waals surface area contributed by atoms with E-state index in [-0.39, 0.29) is 0 Å². The molecule has 0 spiro atoms. The van der Waals surface area contributed by atoms with Crippen LogP contribution < -0.4 is 16.4 Å². The molecule has 0 radical (unpaired) electrons. The highest BCUT2D eigenvalue weighted by Crippen LogP contribution is 2.34. The standard InChI is InChI=1S/C32H46N4O5/c1-10-22-15-17-23(18-16-22)27(28(38)35-26-20(3)13-12-14-21(26)4)36(32(8,9)11-2)29(39)24(19-25(33)37)34-30(40)41-31(5,6)7/h12-18,24,27H,10-11,19H2,1-9H3,(H2,33,37)(H,34,40)(H,35,38). The van der Waals surface area contributed by atoms with Crippen LogP contribution in [-0.4, -0.2) is 45.9 Å². The normalized spacial score (nSPS) is 13.1. The molecule has 0 bridgehead atoms. The molecule has 4 amide bonds. The van der Waals surface area contributed by atoms with Crippen LogP contribution in [0.4, 0.5) is 10.5 Å². The zero-order valence-electron chi connectivity index (χ0n) is 25.9. The van der Waals surface area contributed by atoms with Crippen LogP contribution in [0.15, 0.2) is 42.5 Å². The third kappa shape index (κ3) is 9.06. The highest BCUT2D eigenvalue weighted by molar-refractivity contribution is 6.00. The lowest BCUT2D eigenvalue weighted by Crippen LogP contribution is -2.59. The van der Waals surface area contributed by atoms with Gasteiger partial charge < -0.3 is 26.0 Å². The fraction of sp³-hybridized carbons (Fsp3) is 0.500. The van der Waals surface area contributed by atoms with Crippen LogP contribution in [0.25, 0.3) is 0 Å². The van der Waals surface area contributed by atoms with Crippen LogP contribution in [0.2, 0.25) is 0 Å². The van der Waals surface area contributed by atoms with Crippen molar-refractivity contribution in [2.75, 3.05) is 5.32 Å². The third-order valence-electron chi connectivity index (χ3n) is 7.09. The molecule has 2 unspecified atom stereocenters. The average Bonchev–Trinajstić information content (AvgIpc) is 2.87. The number of anilines is 1. The number of nitrogens with two attached hydrogens (primary N) is 1. The molecule has 0 aliphatic heterocycles. The molecule has 4 N–H and O–H groups in total. The number of carbonyl (C=O) groups is 4. The van der Waals surface area contributed by atoms with Crippen molar-refractivity contribution in [3.8, 4) is 0 Å². The number of aryl methyl sites for hydroxylation is 3. The first kappa shape index (κ1) is 33.3. The maximum Gasteiger partial charge on any atom is 0.408 e. The van der Waals surface area contributed by atoms with Gasteiger partial charge in [0.1, 0.15) is 17.7 Å². The van der Waals surface area contributed by atoms with Gasteiger partial charge in [-0.05, 0) is 83.6 Å². The Kier molecular flexibility index (Phi) is 11.1. The molecule has 0 aromatic heterocycles. The summed E-state index contributed by atoms with van der Waals surface area (Å²) in [7, 11) is 0. The zero-order chi connectivity index (χ0) is 31.1. The number of para-hydroxylation sites is 1. The number of amides is 4. The summed E-state index contributed by atoms with van der Waals surface area (Å²) in [5.74, 6) is -1.82. The van der Waals surface area contributed by atoms with Gasteiger partial charge in [-0.3, -0.25) is 14.4 Å². The minimum atomic E-state index is -1.35. The first-order valence-corrected chi connectivity index (χ1v) is 14.1. The summed E-state index contributed by atoms with van der Waals surface area (Å²) in [6.07, 6.45) is -0.0400. The van der Waals surface area contributed by atoms with Crippen molar-refractivity contribution < 1.29 is 23.9 Å². The fourth-order valence-corrected chi connectivity index (χ4v) is 4.52. The van der Waals surface area contributed by atoms with Gasteiger partial charge in [0.25, 0.3) is 5.91 Å². The number of nitrogens with zero attached hydrogens (tertiary/aromatic N) is 1. The summed E-state index contributed by atoms with van der Waals surface area (Å²) in [6.45, 7) is 16.5. The van der Waals surface area contributed by atoms with Gasteiger partial charge in [-0.2, -0.15) is 0 Å². The summed E-state index contributed by atoms with van der Waals surface area (Å²) in [6, 6.07) is 10.8. The van der Waals surface area contributed by atoms with E-state index in [1.54, 1.807) is 20.8 Å². The van der Waals surface area contributed by atoms with E-state index in [2.05, 4.69) is 10.6 Å². The average molecular weight is 567 g/mol. The number of hydrogen-bond donors (Lipinski definition) is 3. The van der Waals surface area contributed by atoms with Crippen LogP contribution in [0, 0.1) is 13.8 Å². The molecular formula is C32H46N4O5. The van der Waals surface area contributed by atoms with Gasteiger partial charge in [0.2, 0.25) is 11.8 Å². The molecule has 2 rings (SSSR count). The van der Waals surface area contributed by atoms with E-state index in [1.165, 1.54) is 4.90 Å². The van der Waals surface area contributed by atoms with Crippen molar-refractivity contribution >= 4 is 29.5 Å². The Morgan fingerprint density at radius 1 is 0.927 bits per heavy atom. The number of nitrogens with one attached hydrogen (secondary N) is 2. The molecule has 0 heterocycles. The Morgan fingerprint density at radius 3 is 1.95 bits per heavy atom. The first-order valence-electron chi connectivity index (χ1n) is 14.1. The number of primary amides is 1. The summed E-state index contributed by atoms with van der Waals surface area (Å²) in [5.41, 5.74) is 7.90. The number of carbonyl (C=O) groups excluding carboxylic acids is 4. The van der Waals surface area contributed by atoms with Crippen LogP contribution in [0.5, 0.6) is 0 Å². The minimum absolute atomic E-state index is 0.420. The van der Waals surface area contributed by atoms with E-state index in [0.717, 1.165) is 23.1 Å². The Morgan fingerprint density at radius 2 is 1.49 bits per heavy atom. The van der Waals surface area contributed by atoms with Gasteiger partial charge in [-0.15, -0.1) is 0 Å². The molecule has 224 valence electrons. The molecule has 9 nitrogen and oxygen atoms in total. The lowest BCUT2D eigenvalue weighted by atomic mass is 9.91. The van der Waals surface area contributed by atoms with Crippen LogP contribution in [0.1, 0.15) is 89.6 Å². The van der Waals surface area contributed by atoms with E-state index in [1.807, 2.05) is 84.0 Å². The highest BCUT2D eigenvalue weighted by atomic mass is 16.6. The largest absolute Gasteiger partial charge is 0.444 e. The first-order chi connectivity index (χ1) is 19.0. The van der Waals surface area contributed by atoms with Gasteiger partial charge in [-0.25, -0.2) is 4.79 Å². The number of ether oxygens (including phenoxy) is 1. The predicted octanol–water partition coefficient (Wildman–Crippen LogP) is 5.33. The van der Waals surface area contributed by atoms with Gasteiger partial charge >= 0.3 is 6.09 Å². The van der Waals surface area contributed by atoms with Crippen LogP contribution in [-0.2, 0) is 25.5 Å². The molecular weight excluding hydrogens is 520 g/mol. The summed E-state index contributed by atoms with van der Waals surface area (Å²) in [4.78, 5) is 54.9. The quantitative estimate of drug-likeness (QED) is 0.338. The topological polar surface area (TPSA) is 131 Å². The van der Waals surface area contributed by atoms with Gasteiger partial charge in [-0.1, -0.05) is 56.3 Å². The molecule has 9 heteroatoms. The lowest BCUT2D eigenvalue weighted by Gasteiger charge is -2.44. The van der Waals surface area contributed by atoms with E-state index in [0.29, 0.717) is 17.7 Å². The molecule has 0 saturated heterocycles. The molecule has 0 fully saturated rings. The van der Waals surface area contributed by atoms with Gasteiger partial charge in [0, 0.05) is 11.2 Å². The molecule has 0 aliphatic carbocycles. The number of benzene rings is 2. The second-order valence-corrected chi connectivity index (χ2v) is 12.0. The smallest absolute Gasteiger partial charge is 0.408 e. The number of hydrogen-bond acceptors (Lipinski definition) is 5. The van der Waals surface area contributed by atoms with Crippen LogP contribution in [0.3, 0.4) is 0 Å². The highest BCUT2D eigenvalue weighted by Gasteiger charge is 2.43. The predicted molar refractivity (Wildman–Crippen MR) is 161 cm³/mol. The number of rotatable bonds is 11. The lowest BCUT2D eigenvalue weighted by molar-refractivity contribution is -0.148. The van der Waals surface area contributed by atoms with Crippen molar-refractivity contribution in [1.29, 1.82) is 0 Å². The monoisotopic (exact) mass is 566 g/mol. The Labute approximate surface area is 244 Å². The Hall–Kier alpha value is -3.88. The molecule has 2 aromatic rings. The van der Waals surface area contributed by atoms with E-state index >= 15 is 0 Å². The van der Waals surface area contributed by atoms with Crippen LogP contribution >= 0.6 is 0 Å². The number of alkyl carbamates (subject to hydrolysis) is 1. The third-order valence-corrected chi connectivity index (χ3v) is 7.09. The second kappa shape index (κ2) is 13.7. The van der Waals surface area contributed by atoms with Crippen molar-refractivity contribution in [3.63, 3.8) is 0 Å². The SMILES string of the molecule is CCc1ccc(C(C(=O)Nc2c(C)cccc2C)N(C(=O)C(CC(N)=O)NC(=O)OC(C)(C)C)C(C)(C)CC)cc1. The fourth-order valence-electron chi connectivity index (χ4n) is 4.52. The van der Waals surface area contributed by atoms with E-state index < -0.39 is 53.5 Å². The summed E-state index contributed by atoms with van der Waals surface area (Å²) < 4.78 is 5.36. The molecule has 0 aliphatic rings. The van der Waals surface area contributed by atoms with Crippen molar-refractivity contribution in [3.05, 3.63) is 64.7 Å². The Balaban J connectivity index is 2.70.